The second-order valence-corrected chi connectivity index (χ2v) is 5.35. The topological polar surface area (TPSA) is 72.6 Å². The summed E-state index contributed by atoms with van der Waals surface area (Å²) in [5.74, 6) is -0.255. The van der Waals surface area contributed by atoms with E-state index in [0.717, 1.165) is 25.8 Å². The summed E-state index contributed by atoms with van der Waals surface area (Å²) >= 11 is 0. The molecule has 1 amide bonds. The number of amides is 1. The van der Waals surface area contributed by atoms with Crippen molar-refractivity contribution >= 4 is 11.9 Å². The monoisotopic (exact) mass is 266 g/mol. The van der Waals surface area contributed by atoms with Crippen LogP contribution < -0.4 is 5.73 Å². The van der Waals surface area contributed by atoms with E-state index in [1.807, 2.05) is 17.1 Å². The highest BCUT2D eigenvalue weighted by Crippen LogP contribution is 2.26. The fourth-order valence-corrected chi connectivity index (χ4v) is 2.90. The molecule has 5 heteroatoms. The highest BCUT2D eigenvalue weighted by atomic mass is 16.5. The summed E-state index contributed by atoms with van der Waals surface area (Å²) < 4.78 is 4.71. The van der Waals surface area contributed by atoms with Gasteiger partial charge in [-0.2, -0.15) is 0 Å². The molecule has 2 N–H and O–H groups in total. The maximum absolute atomic E-state index is 12.5. The van der Waals surface area contributed by atoms with E-state index in [-0.39, 0.29) is 29.9 Å². The third-order valence-electron chi connectivity index (χ3n) is 3.97. The Morgan fingerprint density at radius 2 is 2.16 bits per heavy atom. The first-order valence-electron chi connectivity index (χ1n) is 6.93. The largest absolute Gasteiger partial charge is 0.469 e. The molecule has 1 heterocycles. The van der Waals surface area contributed by atoms with Gasteiger partial charge in [0.15, 0.2) is 0 Å². The predicted octanol–water partition coefficient (Wildman–Crippen LogP) is 0.834. The second-order valence-electron chi connectivity index (χ2n) is 5.35. The van der Waals surface area contributed by atoms with E-state index >= 15 is 0 Å². The lowest BCUT2D eigenvalue weighted by Gasteiger charge is -2.36. The smallest absolute Gasteiger partial charge is 0.307 e. The van der Waals surface area contributed by atoms with Gasteiger partial charge in [-0.3, -0.25) is 9.59 Å². The number of hydrogen-bond acceptors (Lipinski definition) is 4. The van der Waals surface area contributed by atoms with Crippen LogP contribution in [0.25, 0.3) is 0 Å². The standard InChI is InChI=1S/C14H22N2O3/c1-19-13(17)9-12-4-2-3-7-16(12)14(18)10-5-6-11(15)8-10/h5-6,10-12H,2-4,7-9,15H2,1H3. The molecule has 1 fully saturated rings. The van der Waals surface area contributed by atoms with Gasteiger partial charge in [-0.15, -0.1) is 0 Å². The zero-order valence-corrected chi connectivity index (χ0v) is 11.4. The van der Waals surface area contributed by atoms with E-state index in [9.17, 15) is 9.59 Å². The Hall–Kier alpha value is -1.36. The number of carbonyl (C=O) groups is 2. The van der Waals surface area contributed by atoms with Crippen LogP contribution in [0.3, 0.4) is 0 Å². The highest BCUT2D eigenvalue weighted by Gasteiger charge is 2.33. The van der Waals surface area contributed by atoms with Crippen molar-refractivity contribution in [1.82, 2.24) is 4.90 Å². The molecule has 0 bridgehead atoms. The van der Waals surface area contributed by atoms with Gasteiger partial charge in [0, 0.05) is 18.6 Å². The number of methoxy groups -OCH3 is 1. The number of carbonyl (C=O) groups excluding carboxylic acids is 2. The number of likely N-dealkylation sites (tertiary alicyclic amines) is 1. The van der Waals surface area contributed by atoms with Crippen molar-refractivity contribution < 1.29 is 14.3 Å². The predicted molar refractivity (Wildman–Crippen MR) is 71.2 cm³/mol. The van der Waals surface area contributed by atoms with Crippen LogP contribution in [0.4, 0.5) is 0 Å². The highest BCUT2D eigenvalue weighted by molar-refractivity contribution is 5.82. The number of ether oxygens (including phenoxy) is 1. The zero-order chi connectivity index (χ0) is 13.8. The number of rotatable bonds is 3. The Kier molecular flexibility index (Phi) is 4.58. The summed E-state index contributed by atoms with van der Waals surface area (Å²) in [5, 5.41) is 0. The molecule has 0 aromatic rings. The average Bonchev–Trinajstić information content (AvgIpc) is 2.85. The molecule has 2 aliphatic rings. The van der Waals surface area contributed by atoms with Crippen LogP contribution in [-0.2, 0) is 14.3 Å². The Morgan fingerprint density at radius 1 is 1.37 bits per heavy atom. The maximum atomic E-state index is 12.5. The minimum absolute atomic E-state index is 0.0149. The molecule has 1 aliphatic heterocycles. The zero-order valence-electron chi connectivity index (χ0n) is 11.4. The fourth-order valence-electron chi connectivity index (χ4n) is 2.90. The summed E-state index contributed by atoms with van der Waals surface area (Å²) in [6.45, 7) is 0.736. The van der Waals surface area contributed by atoms with Crippen LogP contribution in [-0.4, -0.2) is 42.5 Å². The first-order chi connectivity index (χ1) is 9.11. The van der Waals surface area contributed by atoms with Gasteiger partial charge in [-0.25, -0.2) is 0 Å². The normalized spacial score (nSPS) is 30.4. The van der Waals surface area contributed by atoms with Crippen molar-refractivity contribution in [3.05, 3.63) is 12.2 Å². The molecular formula is C14H22N2O3. The molecule has 106 valence electrons. The third-order valence-corrected chi connectivity index (χ3v) is 3.97. The summed E-state index contributed by atoms with van der Waals surface area (Å²) in [6.07, 6.45) is 7.71. The lowest BCUT2D eigenvalue weighted by Crippen LogP contribution is -2.47. The van der Waals surface area contributed by atoms with Crippen LogP contribution in [0.1, 0.15) is 32.1 Å². The van der Waals surface area contributed by atoms with Crippen molar-refractivity contribution in [1.29, 1.82) is 0 Å². The van der Waals surface area contributed by atoms with Gasteiger partial charge in [0.05, 0.1) is 19.4 Å². The van der Waals surface area contributed by atoms with Gasteiger partial charge in [-0.1, -0.05) is 12.2 Å². The summed E-state index contributed by atoms with van der Waals surface area (Å²) in [7, 11) is 1.38. The molecule has 3 atom stereocenters. The van der Waals surface area contributed by atoms with Crippen molar-refractivity contribution in [3.63, 3.8) is 0 Å². The SMILES string of the molecule is COC(=O)CC1CCCCN1C(=O)C1C=CC(N)C1. The molecule has 5 nitrogen and oxygen atoms in total. The molecule has 0 aromatic carbocycles. The van der Waals surface area contributed by atoms with E-state index in [2.05, 4.69) is 0 Å². The van der Waals surface area contributed by atoms with Crippen molar-refractivity contribution in [2.24, 2.45) is 11.7 Å². The maximum Gasteiger partial charge on any atom is 0.307 e. The van der Waals surface area contributed by atoms with E-state index in [4.69, 9.17) is 10.5 Å². The van der Waals surface area contributed by atoms with Gasteiger partial charge >= 0.3 is 5.97 Å². The fraction of sp³-hybridized carbons (Fsp3) is 0.714. The Bertz CT molecular complexity index is 381. The van der Waals surface area contributed by atoms with Gasteiger partial charge in [0.2, 0.25) is 5.91 Å². The molecular weight excluding hydrogens is 244 g/mol. The summed E-state index contributed by atoms with van der Waals surface area (Å²) in [4.78, 5) is 25.8. The molecule has 0 aromatic heterocycles. The molecule has 0 radical (unpaired) electrons. The lowest BCUT2D eigenvalue weighted by atomic mass is 9.96. The van der Waals surface area contributed by atoms with Gasteiger partial charge in [-0.05, 0) is 25.7 Å². The van der Waals surface area contributed by atoms with Crippen molar-refractivity contribution in [3.8, 4) is 0 Å². The average molecular weight is 266 g/mol. The molecule has 19 heavy (non-hydrogen) atoms. The van der Waals surface area contributed by atoms with Crippen molar-refractivity contribution in [2.75, 3.05) is 13.7 Å². The molecule has 1 saturated heterocycles. The molecule has 3 unspecified atom stereocenters. The van der Waals surface area contributed by atoms with Crippen LogP contribution in [0, 0.1) is 5.92 Å². The molecule has 0 spiro atoms. The van der Waals surface area contributed by atoms with Gasteiger partial charge in [0.25, 0.3) is 0 Å². The number of esters is 1. The molecule has 1 aliphatic carbocycles. The van der Waals surface area contributed by atoms with Gasteiger partial charge in [0.1, 0.15) is 0 Å². The van der Waals surface area contributed by atoms with E-state index < -0.39 is 0 Å². The summed E-state index contributed by atoms with van der Waals surface area (Å²) in [6, 6.07) is -0.0308. The quantitative estimate of drug-likeness (QED) is 0.606. The van der Waals surface area contributed by atoms with Gasteiger partial charge < -0.3 is 15.4 Å². The van der Waals surface area contributed by atoms with E-state index in [1.54, 1.807) is 0 Å². The van der Waals surface area contributed by atoms with Crippen LogP contribution in [0.5, 0.6) is 0 Å². The summed E-state index contributed by atoms with van der Waals surface area (Å²) in [5.41, 5.74) is 5.80. The van der Waals surface area contributed by atoms with E-state index in [0.29, 0.717) is 12.8 Å². The van der Waals surface area contributed by atoms with E-state index in [1.165, 1.54) is 7.11 Å². The second kappa shape index (κ2) is 6.19. The Labute approximate surface area is 113 Å². The Balaban J connectivity index is 2.00. The number of nitrogens with two attached hydrogens (primary N) is 1. The van der Waals surface area contributed by atoms with Crippen LogP contribution in [0.15, 0.2) is 12.2 Å². The minimum Gasteiger partial charge on any atom is -0.469 e. The number of nitrogens with zero attached hydrogens (tertiary/aromatic N) is 1. The molecule has 0 saturated carbocycles. The number of piperidine rings is 1. The first-order valence-corrected chi connectivity index (χ1v) is 6.93. The lowest BCUT2D eigenvalue weighted by molar-refractivity contribution is -0.145. The minimum atomic E-state index is -0.247. The first kappa shape index (κ1) is 14.1. The number of hydrogen-bond donors (Lipinski definition) is 1. The Morgan fingerprint density at radius 3 is 2.79 bits per heavy atom. The van der Waals surface area contributed by atoms with Crippen LogP contribution in [0.2, 0.25) is 0 Å². The third kappa shape index (κ3) is 3.35. The van der Waals surface area contributed by atoms with Crippen molar-refractivity contribution in [2.45, 2.75) is 44.2 Å². The molecule has 2 rings (SSSR count). The van der Waals surface area contributed by atoms with Crippen LogP contribution >= 0.6 is 0 Å².